The van der Waals surface area contributed by atoms with Gasteiger partial charge >= 0.3 is 0 Å². The first-order chi connectivity index (χ1) is 8.26. The number of nitrogen functional groups attached to an aromatic ring is 1. The molecule has 0 saturated heterocycles. The summed E-state index contributed by atoms with van der Waals surface area (Å²) in [6.45, 7) is 5.70. The van der Waals surface area contributed by atoms with Crippen molar-refractivity contribution in [3.63, 3.8) is 0 Å². The van der Waals surface area contributed by atoms with Gasteiger partial charge in [0.25, 0.3) is 0 Å². The zero-order valence-electron chi connectivity index (χ0n) is 10.9. The third kappa shape index (κ3) is 5.48. The number of hydrogen-bond acceptors (Lipinski definition) is 3. The Hall–Kier alpha value is -1.38. The van der Waals surface area contributed by atoms with Crippen molar-refractivity contribution >= 4 is 5.69 Å². The lowest BCUT2D eigenvalue weighted by Gasteiger charge is -2.10. The SMILES string of the molecule is CCCCCOc1cc(N)cc(OCCC)c1. The van der Waals surface area contributed by atoms with E-state index in [0.29, 0.717) is 12.3 Å². The highest BCUT2D eigenvalue weighted by atomic mass is 16.5. The number of nitrogens with two attached hydrogens (primary N) is 1. The molecule has 0 saturated carbocycles. The van der Waals surface area contributed by atoms with Crippen LogP contribution in [0.2, 0.25) is 0 Å². The summed E-state index contributed by atoms with van der Waals surface area (Å²) < 4.78 is 11.2. The Morgan fingerprint density at radius 2 is 1.53 bits per heavy atom. The summed E-state index contributed by atoms with van der Waals surface area (Å²) in [6.07, 6.45) is 4.46. The van der Waals surface area contributed by atoms with Crippen molar-refractivity contribution < 1.29 is 9.47 Å². The molecule has 1 aromatic rings. The van der Waals surface area contributed by atoms with Crippen LogP contribution in [0.4, 0.5) is 5.69 Å². The van der Waals surface area contributed by atoms with Gasteiger partial charge in [0.05, 0.1) is 13.2 Å². The summed E-state index contributed by atoms with van der Waals surface area (Å²) >= 11 is 0. The van der Waals surface area contributed by atoms with E-state index in [2.05, 4.69) is 13.8 Å². The predicted molar refractivity (Wildman–Crippen MR) is 71.7 cm³/mol. The van der Waals surface area contributed by atoms with Gasteiger partial charge in [0, 0.05) is 23.9 Å². The fourth-order valence-corrected chi connectivity index (χ4v) is 1.52. The minimum Gasteiger partial charge on any atom is -0.493 e. The van der Waals surface area contributed by atoms with E-state index in [9.17, 15) is 0 Å². The Bertz CT molecular complexity index is 326. The molecular weight excluding hydrogens is 214 g/mol. The second kappa shape index (κ2) is 7.82. The summed E-state index contributed by atoms with van der Waals surface area (Å²) in [4.78, 5) is 0. The van der Waals surface area contributed by atoms with Crippen LogP contribution in [0.25, 0.3) is 0 Å². The Balaban J connectivity index is 2.50. The van der Waals surface area contributed by atoms with Gasteiger partial charge in [0.2, 0.25) is 0 Å². The fraction of sp³-hybridized carbons (Fsp3) is 0.571. The lowest BCUT2D eigenvalue weighted by molar-refractivity contribution is 0.296. The first-order valence-electron chi connectivity index (χ1n) is 6.42. The van der Waals surface area contributed by atoms with Crippen molar-refractivity contribution in [1.82, 2.24) is 0 Å². The first kappa shape index (κ1) is 13.7. The van der Waals surface area contributed by atoms with Crippen molar-refractivity contribution in [3.8, 4) is 11.5 Å². The average Bonchev–Trinajstić information content (AvgIpc) is 2.31. The van der Waals surface area contributed by atoms with Gasteiger partial charge in [0.1, 0.15) is 11.5 Å². The quantitative estimate of drug-likeness (QED) is 0.554. The summed E-state index contributed by atoms with van der Waals surface area (Å²) in [6, 6.07) is 5.57. The van der Waals surface area contributed by atoms with Crippen LogP contribution in [0.5, 0.6) is 11.5 Å². The Morgan fingerprint density at radius 1 is 0.882 bits per heavy atom. The van der Waals surface area contributed by atoms with E-state index in [1.54, 1.807) is 0 Å². The molecule has 0 amide bonds. The van der Waals surface area contributed by atoms with E-state index in [1.807, 2.05) is 18.2 Å². The molecule has 0 heterocycles. The third-order valence-electron chi connectivity index (χ3n) is 2.39. The Labute approximate surface area is 104 Å². The van der Waals surface area contributed by atoms with E-state index in [0.717, 1.165) is 30.9 Å². The monoisotopic (exact) mass is 237 g/mol. The number of hydrogen-bond donors (Lipinski definition) is 1. The maximum Gasteiger partial charge on any atom is 0.125 e. The molecular formula is C14H23NO2. The number of unbranched alkanes of at least 4 members (excludes halogenated alkanes) is 2. The molecule has 0 aromatic heterocycles. The molecule has 0 fully saturated rings. The molecule has 3 heteroatoms. The van der Waals surface area contributed by atoms with Crippen molar-refractivity contribution in [2.45, 2.75) is 39.5 Å². The van der Waals surface area contributed by atoms with Gasteiger partial charge in [-0.05, 0) is 12.8 Å². The molecule has 1 aromatic carbocycles. The average molecular weight is 237 g/mol. The molecule has 0 atom stereocenters. The maximum absolute atomic E-state index is 5.80. The van der Waals surface area contributed by atoms with Crippen molar-refractivity contribution in [2.24, 2.45) is 0 Å². The van der Waals surface area contributed by atoms with Crippen LogP contribution in [0.3, 0.4) is 0 Å². The van der Waals surface area contributed by atoms with Crippen LogP contribution in [0, 0.1) is 0 Å². The highest BCUT2D eigenvalue weighted by Crippen LogP contribution is 2.24. The van der Waals surface area contributed by atoms with Gasteiger partial charge in [-0.3, -0.25) is 0 Å². The zero-order valence-corrected chi connectivity index (χ0v) is 10.9. The lowest BCUT2D eigenvalue weighted by atomic mass is 10.2. The van der Waals surface area contributed by atoms with E-state index in [-0.39, 0.29) is 0 Å². The van der Waals surface area contributed by atoms with Crippen LogP contribution >= 0.6 is 0 Å². The fourth-order valence-electron chi connectivity index (χ4n) is 1.52. The van der Waals surface area contributed by atoms with Crippen molar-refractivity contribution in [3.05, 3.63) is 18.2 Å². The van der Waals surface area contributed by atoms with Crippen molar-refractivity contribution in [2.75, 3.05) is 18.9 Å². The van der Waals surface area contributed by atoms with Gasteiger partial charge in [-0.15, -0.1) is 0 Å². The number of rotatable bonds is 8. The van der Waals surface area contributed by atoms with E-state index in [4.69, 9.17) is 15.2 Å². The molecule has 0 radical (unpaired) electrons. The number of ether oxygens (including phenoxy) is 2. The molecule has 0 unspecified atom stereocenters. The molecule has 0 bridgehead atoms. The molecule has 2 N–H and O–H groups in total. The maximum atomic E-state index is 5.80. The first-order valence-corrected chi connectivity index (χ1v) is 6.42. The van der Waals surface area contributed by atoms with Crippen LogP contribution in [-0.4, -0.2) is 13.2 Å². The van der Waals surface area contributed by atoms with Gasteiger partial charge in [-0.25, -0.2) is 0 Å². The molecule has 17 heavy (non-hydrogen) atoms. The van der Waals surface area contributed by atoms with Crippen LogP contribution in [-0.2, 0) is 0 Å². The molecule has 0 spiro atoms. The molecule has 0 aliphatic carbocycles. The standard InChI is InChI=1S/C14H23NO2/c1-3-5-6-8-17-14-10-12(15)9-13(11-14)16-7-4-2/h9-11H,3-8,15H2,1-2H3. The van der Waals surface area contributed by atoms with Crippen molar-refractivity contribution in [1.29, 1.82) is 0 Å². The predicted octanol–water partition coefficient (Wildman–Crippen LogP) is 3.63. The number of benzene rings is 1. The van der Waals surface area contributed by atoms with Gasteiger partial charge in [0.15, 0.2) is 0 Å². The molecule has 0 aliphatic rings. The van der Waals surface area contributed by atoms with Crippen LogP contribution in [0.15, 0.2) is 18.2 Å². The van der Waals surface area contributed by atoms with Crippen LogP contribution in [0.1, 0.15) is 39.5 Å². The third-order valence-corrected chi connectivity index (χ3v) is 2.39. The molecule has 0 aliphatic heterocycles. The highest BCUT2D eigenvalue weighted by Gasteiger charge is 2.01. The highest BCUT2D eigenvalue weighted by molar-refractivity contribution is 5.50. The van der Waals surface area contributed by atoms with E-state index in [1.165, 1.54) is 12.8 Å². The summed E-state index contributed by atoms with van der Waals surface area (Å²) in [7, 11) is 0. The summed E-state index contributed by atoms with van der Waals surface area (Å²) in [5.74, 6) is 1.59. The van der Waals surface area contributed by atoms with Gasteiger partial charge in [-0.1, -0.05) is 26.7 Å². The largest absolute Gasteiger partial charge is 0.493 e. The zero-order chi connectivity index (χ0) is 12.5. The Kier molecular flexibility index (Phi) is 6.30. The normalized spacial score (nSPS) is 10.2. The topological polar surface area (TPSA) is 44.5 Å². The number of anilines is 1. The molecule has 96 valence electrons. The minimum atomic E-state index is 0.684. The summed E-state index contributed by atoms with van der Waals surface area (Å²) in [5.41, 5.74) is 6.49. The second-order valence-corrected chi connectivity index (χ2v) is 4.14. The van der Waals surface area contributed by atoms with Gasteiger partial charge < -0.3 is 15.2 Å². The smallest absolute Gasteiger partial charge is 0.125 e. The van der Waals surface area contributed by atoms with E-state index < -0.39 is 0 Å². The minimum absolute atomic E-state index is 0.684. The Morgan fingerprint density at radius 3 is 2.12 bits per heavy atom. The van der Waals surface area contributed by atoms with Gasteiger partial charge in [-0.2, -0.15) is 0 Å². The lowest BCUT2D eigenvalue weighted by Crippen LogP contribution is -2.00. The van der Waals surface area contributed by atoms with Crippen LogP contribution < -0.4 is 15.2 Å². The molecule has 1 rings (SSSR count). The second-order valence-electron chi connectivity index (χ2n) is 4.14. The molecule has 3 nitrogen and oxygen atoms in total. The van der Waals surface area contributed by atoms with E-state index >= 15 is 0 Å². The summed E-state index contributed by atoms with van der Waals surface area (Å²) in [5, 5.41) is 0.